The average molecular weight is 232 g/mol. The molecule has 1 atom stereocenters. The lowest BCUT2D eigenvalue weighted by atomic mass is 9.93. The van der Waals surface area contributed by atoms with Gasteiger partial charge in [0.25, 0.3) is 0 Å². The molecule has 0 radical (unpaired) electrons. The average Bonchev–Trinajstić information content (AvgIpc) is 2.27. The Kier molecular flexibility index (Phi) is 3.72. The van der Waals surface area contributed by atoms with Crippen molar-refractivity contribution >= 4 is 5.69 Å². The summed E-state index contributed by atoms with van der Waals surface area (Å²) in [5.74, 6) is 0.715. The zero-order valence-corrected chi connectivity index (χ0v) is 11.2. The fourth-order valence-electron chi connectivity index (χ4n) is 2.30. The van der Waals surface area contributed by atoms with Gasteiger partial charge in [0.15, 0.2) is 0 Å². The van der Waals surface area contributed by atoms with Crippen LogP contribution in [0.15, 0.2) is 24.3 Å². The number of rotatable bonds is 3. The molecule has 0 aromatic heterocycles. The van der Waals surface area contributed by atoms with Crippen LogP contribution in [0.2, 0.25) is 0 Å². The summed E-state index contributed by atoms with van der Waals surface area (Å²) in [6.45, 7) is 10.1. The molecule has 1 aromatic rings. The van der Waals surface area contributed by atoms with Gasteiger partial charge >= 0.3 is 0 Å². The molecule has 2 heteroatoms. The molecule has 2 nitrogen and oxygen atoms in total. The normalized spacial score (nSPS) is 19.6. The Hall–Kier alpha value is -1.02. The molecule has 94 valence electrons. The Balaban J connectivity index is 1.82. The SMILES string of the molecule is CC(C)(C)CNCC1CNc2ccccc2C1. The van der Waals surface area contributed by atoms with Gasteiger partial charge in [0.1, 0.15) is 0 Å². The van der Waals surface area contributed by atoms with Crippen LogP contribution < -0.4 is 10.6 Å². The van der Waals surface area contributed by atoms with Crippen molar-refractivity contribution in [1.82, 2.24) is 5.32 Å². The molecule has 2 rings (SSSR count). The maximum absolute atomic E-state index is 3.59. The minimum Gasteiger partial charge on any atom is -0.384 e. The molecule has 0 aliphatic carbocycles. The van der Waals surface area contributed by atoms with E-state index in [1.54, 1.807) is 0 Å². The van der Waals surface area contributed by atoms with Crippen LogP contribution in [0.5, 0.6) is 0 Å². The second kappa shape index (κ2) is 5.09. The predicted molar refractivity (Wildman–Crippen MR) is 74.5 cm³/mol. The van der Waals surface area contributed by atoms with Crippen LogP contribution in [0.4, 0.5) is 5.69 Å². The molecule has 1 unspecified atom stereocenters. The van der Waals surface area contributed by atoms with Crippen molar-refractivity contribution in [2.45, 2.75) is 27.2 Å². The molecule has 2 N–H and O–H groups in total. The van der Waals surface area contributed by atoms with Crippen molar-refractivity contribution in [3.8, 4) is 0 Å². The maximum Gasteiger partial charge on any atom is 0.0372 e. The van der Waals surface area contributed by atoms with Gasteiger partial charge in [0, 0.05) is 18.8 Å². The lowest BCUT2D eigenvalue weighted by molar-refractivity contribution is 0.359. The first-order valence-electron chi connectivity index (χ1n) is 6.57. The van der Waals surface area contributed by atoms with Gasteiger partial charge in [-0.05, 0) is 35.9 Å². The molecule has 0 saturated heterocycles. The molecule has 0 fully saturated rings. The number of nitrogens with one attached hydrogen (secondary N) is 2. The Bertz CT molecular complexity index is 365. The summed E-state index contributed by atoms with van der Waals surface area (Å²) in [5, 5.41) is 7.11. The van der Waals surface area contributed by atoms with E-state index in [-0.39, 0.29) is 0 Å². The van der Waals surface area contributed by atoms with Gasteiger partial charge in [-0.2, -0.15) is 0 Å². The van der Waals surface area contributed by atoms with Gasteiger partial charge < -0.3 is 10.6 Å². The first-order chi connectivity index (χ1) is 8.04. The van der Waals surface area contributed by atoms with Crippen LogP contribution in [0.3, 0.4) is 0 Å². The van der Waals surface area contributed by atoms with Gasteiger partial charge in [0.2, 0.25) is 0 Å². The van der Waals surface area contributed by atoms with E-state index >= 15 is 0 Å². The second-order valence-corrected chi connectivity index (χ2v) is 6.30. The van der Waals surface area contributed by atoms with E-state index < -0.39 is 0 Å². The number of hydrogen-bond acceptors (Lipinski definition) is 2. The molecule has 0 saturated carbocycles. The van der Waals surface area contributed by atoms with Crippen LogP contribution in [0.1, 0.15) is 26.3 Å². The van der Waals surface area contributed by atoms with Gasteiger partial charge in [-0.15, -0.1) is 0 Å². The second-order valence-electron chi connectivity index (χ2n) is 6.30. The highest BCUT2D eigenvalue weighted by atomic mass is 14.9. The summed E-state index contributed by atoms with van der Waals surface area (Å²) >= 11 is 0. The van der Waals surface area contributed by atoms with E-state index in [0.29, 0.717) is 11.3 Å². The minimum atomic E-state index is 0.375. The van der Waals surface area contributed by atoms with Crippen molar-refractivity contribution in [2.75, 3.05) is 25.0 Å². The summed E-state index contributed by atoms with van der Waals surface area (Å²) in [7, 11) is 0. The Morgan fingerprint density at radius 1 is 1.29 bits per heavy atom. The number of benzene rings is 1. The van der Waals surface area contributed by atoms with E-state index in [1.807, 2.05) is 0 Å². The van der Waals surface area contributed by atoms with Gasteiger partial charge in [-0.25, -0.2) is 0 Å². The summed E-state index contributed by atoms with van der Waals surface area (Å²) in [5.41, 5.74) is 3.15. The topological polar surface area (TPSA) is 24.1 Å². The van der Waals surface area contributed by atoms with Crippen LogP contribution >= 0.6 is 0 Å². The Labute approximate surface area is 105 Å². The van der Waals surface area contributed by atoms with E-state index in [9.17, 15) is 0 Å². The first kappa shape index (κ1) is 12.4. The third-order valence-electron chi connectivity index (χ3n) is 3.20. The zero-order chi connectivity index (χ0) is 12.3. The Morgan fingerprint density at radius 3 is 2.82 bits per heavy atom. The fourth-order valence-corrected chi connectivity index (χ4v) is 2.30. The van der Waals surface area contributed by atoms with Gasteiger partial charge in [-0.3, -0.25) is 0 Å². The van der Waals surface area contributed by atoms with Gasteiger partial charge in [-0.1, -0.05) is 39.0 Å². The maximum atomic E-state index is 3.59. The van der Waals surface area contributed by atoms with Crippen LogP contribution in [-0.4, -0.2) is 19.6 Å². The fraction of sp³-hybridized carbons (Fsp3) is 0.600. The largest absolute Gasteiger partial charge is 0.384 e. The molecule has 1 heterocycles. The molecular weight excluding hydrogens is 208 g/mol. The molecule has 0 bridgehead atoms. The summed E-state index contributed by atoms with van der Waals surface area (Å²) in [6, 6.07) is 8.64. The van der Waals surface area contributed by atoms with Gasteiger partial charge in [0.05, 0.1) is 0 Å². The summed E-state index contributed by atoms with van der Waals surface area (Å²) in [6.07, 6.45) is 1.19. The van der Waals surface area contributed by atoms with E-state index in [0.717, 1.165) is 19.6 Å². The third-order valence-corrected chi connectivity index (χ3v) is 3.20. The molecule has 17 heavy (non-hydrogen) atoms. The zero-order valence-electron chi connectivity index (χ0n) is 11.2. The van der Waals surface area contributed by atoms with Crippen molar-refractivity contribution in [3.05, 3.63) is 29.8 Å². The molecule has 0 amide bonds. The minimum absolute atomic E-state index is 0.375. The Morgan fingerprint density at radius 2 is 2.06 bits per heavy atom. The highest BCUT2D eigenvalue weighted by Crippen LogP contribution is 2.23. The van der Waals surface area contributed by atoms with Crippen LogP contribution in [0, 0.1) is 11.3 Å². The van der Waals surface area contributed by atoms with E-state index in [2.05, 4.69) is 55.7 Å². The number of hydrogen-bond donors (Lipinski definition) is 2. The van der Waals surface area contributed by atoms with E-state index in [4.69, 9.17) is 0 Å². The molecule has 1 aliphatic heterocycles. The molecule has 0 spiro atoms. The van der Waals surface area contributed by atoms with Crippen molar-refractivity contribution in [3.63, 3.8) is 0 Å². The molecular formula is C15H24N2. The third kappa shape index (κ3) is 3.74. The predicted octanol–water partition coefficient (Wildman–Crippen LogP) is 2.91. The number of anilines is 1. The van der Waals surface area contributed by atoms with Crippen molar-refractivity contribution in [2.24, 2.45) is 11.3 Å². The molecule has 1 aromatic carbocycles. The number of fused-ring (bicyclic) bond motifs is 1. The smallest absolute Gasteiger partial charge is 0.0372 e. The lowest BCUT2D eigenvalue weighted by Crippen LogP contribution is -2.36. The van der Waals surface area contributed by atoms with Crippen molar-refractivity contribution < 1.29 is 0 Å². The quantitative estimate of drug-likeness (QED) is 0.837. The molecule has 1 aliphatic rings. The monoisotopic (exact) mass is 232 g/mol. The van der Waals surface area contributed by atoms with Crippen LogP contribution in [-0.2, 0) is 6.42 Å². The van der Waals surface area contributed by atoms with Crippen LogP contribution in [0.25, 0.3) is 0 Å². The van der Waals surface area contributed by atoms with E-state index in [1.165, 1.54) is 17.7 Å². The van der Waals surface area contributed by atoms with Crippen molar-refractivity contribution in [1.29, 1.82) is 0 Å². The highest BCUT2D eigenvalue weighted by molar-refractivity contribution is 5.53. The lowest BCUT2D eigenvalue weighted by Gasteiger charge is -2.28. The standard InChI is InChI=1S/C15H24N2/c1-15(2,3)11-16-9-12-8-13-6-4-5-7-14(13)17-10-12/h4-7,12,16-17H,8-11H2,1-3H3. The summed E-state index contributed by atoms with van der Waals surface area (Å²) in [4.78, 5) is 0. The highest BCUT2D eigenvalue weighted by Gasteiger charge is 2.18. The first-order valence-corrected chi connectivity index (χ1v) is 6.57. The summed E-state index contributed by atoms with van der Waals surface area (Å²) < 4.78 is 0. The number of para-hydroxylation sites is 1.